The average molecular weight is 228 g/mol. The van der Waals surface area contributed by atoms with Crippen LogP contribution in [0.3, 0.4) is 0 Å². The minimum Gasteiger partial charge on any atom is -0.444 e. The fourth-order valence-corrected chi connectivity index (χ4v) is 1.59. The number of alkyl carbamates (subject to hydrolysis) is 1. The molecule has 0 aromatic rings. The number of hydrogen-bond acceptors (Lipinski definition) is 3. The van der Waals surface area contributed by atoms with Crippen molar-refractivity contribution in [3.63, 3.8) is 0 Å². The highest BCUT2D eigenvalue weighted by Crippen LogP contribution is 2.18. The smallest absolute Gasteiger partial charge is 0.407 e. The van der Waals surface area contributed by atoms with Gasteiger partial charge >= 0.3 is 6.09 Å². The van der Waals surface area contributed by atoms with Crippen molar-refractivity contribution in [3.8, 4) is 0 Å². The Labute approximate surface area is 98.1 Å². The van der Waals surface area contributed by atoms with Crippen LogP contribution in [0.1, 0.15) is 47.0 Å². The molecule has 0 saturated heterocycles. The van der Waals surface area contributed by atoms with E-state index in [1.807, 2.05) is 20.8 Å². The molecule has 4 nitrogen and oxygen atoms in total. The van der Waals surface area contributed by atoms with E-state index in [9.17, 15) is 4.79 Å². The summed E-state index contributed by atoms with van der Waals surface area (Å²) in [5, 5.41) is 6.23. The number of carbonyl (C=O) groups is 1. The van der Waals surface area contributed by atoms with Crippen molar-refractivity contribution in [3.05, 3.63) is 0 Å². The van der Waals surface area contributed by atoms with Gasteiger partial charge in [-0.2, -0.15) is 0 Å². The van der Waals surface area contributed by atoms with Gasteiger partial charge in [-0.15, -0.1) is 0 Å². The average Bonchev–Trinajstić information content (AvgIpc) is 2.05. The Morgan fingerprint density at radius 3 is 2.50 bits per heavy atom. The molecule has 0 radical (unpaired) electrons. The summed E-state index contributed by atoms with van der Waals surface area (Å²) < 4.78 is 5.16. The molecule has 1 atom stereocenters. The van der Waals surface area contributed by atoms with E-state index in [1.165, 1.54) is 19.3 Å². The van der Waals surface area contributed by atoms with Crippen LogP contribution >= 0.6 is 0 Å². The van der Waals surface area contributed by atoms with E-state index in [-0.39, 0.29) is 6.09 Å². The molecule has 1 aliphatic carbocycles. The first kappa shape index (κ1) is 13.3. The zero-order chi connectivity index (χ0) is 12.2. The van der Waals surface area contributed by atoms with Crippen molar-refractivity contribution < 1.29 is 9.53 Å². The third kappa shape index (κ3) is 5.35. The first-order valence-electron chi connectivity index (χ1n) is 6.10. The topological polar surface area (TPSA) is 50.4 Å². The van der Waals surface area contributed by atoms with Crippen LogP contribution in [0.5, 0.6) is 0 Å². The molecule has 2 N–H and O–H groups in total. The number of hydrogen-bond donors (Lipinski definition) is 2. The Kier molecular flexibility index (Phi) is 4.59. The van der Waals surface area contributed by atoms with Crippen molar-refractivity contribution in [2.24, 2.45) is 0 Å². The maximum absolute atomic E-state index is 11.4. The van der Waals surface area contributed by atoms with E-state index >= 15 is 0 Å². The van der Waals surface area contributed by atoms with Crippen molar-refractivity contribution in [2.45, 2.75) is 64.6 Å². The van der Waals surface area contributed by atoms with E-state index in [4.69, 9.17) is 4.74 Å². The van der Waals surface area contributed by atoms with Gasteiger partial charge in [0.2, 0.25) is 0 Å². The van der Waals surface area contributed by atoms with Gasteiger partial charge in [0.05, 0.1) is 0 Å². The number of ether oxygens (including phenoxy) is 1. The lowest BCUT2D eigenvalue weighted by atomic mass is 9.92. The molecule has 1 unspecified atom stereocenters. The van der Waals surface area contributed by atoms with Crippen LogP contribution in [0, 0.1) is 0 Å². The minimum atomic E-state index is -0.422. The van der Waals surface area contributed by atoms with Gasteiger partial charge in [0.15, 0.2) is 0 Å². The second-order valence-corrected chi connectivity index (χ2v) is 5.58. The van der Waals surface area contributed by atoms with Crippen LogP contribution in [0.4, 0.5) is 4.79 Å². The lowest BCUT2D eigenvalue weighted by molar-refractivity contribution is 0.0521. The van der Waals surface area contributed by atoms with E-state index in [1.54, 1.807) is 0 Å². The van der Waals surface area contributed by atoms with Crippen molar-refractivity contribution in [2.75, 3.05) is 6.54 Å². The largest absolute Gasteiger partial charge is 0.444 e. The molecule has 0 bridgehead atoms. The molecule has 1 rings (SSSR count). The molecule has 0 aromatic heterocycles. The summed E-state index contributed by atoms with van der Waals surface area (Å²) in [6.45, 7) is 8.29. The SMILES string of the molecule is CC(CNC(=O)OC(C)(C)C)NC1CCC1. The molecule has 1 amide bonds. The second kappa shape index (κ2) is 5.53. The summed E-state index contributed by atoms with van der Waals surface area (Å²) in [6, 6.07) is 0.952. The summed E-state index contributed by atoms with van der Waals surface area (Å²) in [4.78, 5) is 11.4. The zero-order valence-electron chi connectivity index (χ0n) is 10.8. The van der Waals surface area contributed by atoms with E-state index in [0.717, 1.165) is 0 Å². The number of rotatable bonds is 4. The first-order valence-corrected chi connectivity index (χ1v) is 6.10. The third-order valence-electron chi connectivity index (χ3n) is 2.58. The fraction of sp³-hybridized carbons (Fsp3) is 0.917. The molecule has 1 saturated carbocycles. The molecule has 1 aliphatic rings. The van der Waals surface area contributed by atoms with Crippen LogP contribution in [-0.2, 0) is 4.74 Å². The summed E-state index contributed by atoms with van der Waals surface area (Å²) in [5.41, 5.74) is -0.422. The van der Waals surface area contributed by atoms with Crippen molar-refractivity contribution in [1.29, 1.82) is 0 Å². The van der Waals surface area contributed by atoms with Crippen molar-refractivity contribution >= 4 is 6.09 Å². The maximum atomic E-state index is 11.4. The minimum absolute atomic E-state index is 0.304. The molecule has 16 heavy (non-hydrogen) atoms. The van der Waals surface area contributed by atoms with Gasteiger partial charge in [-0.05, 0) is 40.5 Å². The van der Waals surface area contributed by atoms with E-state index in [2.05, 4.69) is 17.6 Å². The first-order chi connectivity index (χ1) is 7.37. The monoisotopic (exact) mass is 228 g/mol. The van der Waals surface area contributed by atoms with Gasteiger partial charge in [0, 0.05) is 18.6 Å². The summed E-state index contributed by atoms with van der Waals surface area (Å²) >= 11 is 0. The normalized spacial score (nSPS) is 18.8. The summed E-state index contributed by atoms with van der Waals surface area (Å²) in [5.74, 6) is 0. The van der Waals surface area contributed by atoms with Crippen LogP contribution < -0.4 is 10.6 Å². The third-order valence-corrected chi connectivity index (χ3v) is 2.58. The Morgan fingerprint density at radius 1 is 1.44 bits per heavy atom. The van der Waals surface area contributed by atoms with E-state index in [0.29, 0.717) is 18.6 Å². The lowest BCUT2D eigenvalue weighted by Gasteiger charge is -2.30. The Balaban J connectivity index is 2.10. The zero-order valence-corrected chi connectivity index (χ0v) is 10.8. The quantitative estimate of drug-likeness (QED) is 0.774. The highest BCUT2D eigenvalue weighted by atomic mass is 16.6. The molecule has 4 heteroatoms. The maximum Gasteiger partial charge on any atom is 0.407 e. The molecular weight excluding hydrogens is 204 g/mol. The predicted octanol–water partition coefficient (Wildman–Crippen LogP) is 2.04. The molecule has 0 heterocycles. The van der Waals surface area contributed by atoms with Gasteiger partial charge in [-0.1, -0.05) is 6.42 Å². The summed E-state index contributed by atoms with van der Waals surface area (Å²) in [7, 11) is 0. The predicted molar refractivity (Wildman–Crippen MR) is 64.5 cm³/mol. The molecule has 0 aliphatic heterocycles. The number of nitrogens with one attached hydrogen (secondary N) is 2. The Morgan fingerprint density at radius 2 is 2.06 bits per heavy atom. The molecular formula is C12H24N2O2. The molecule has 0 spiro atoms. The fourth-order valence-electron chi connectivity index (χ4n) is 1.59. The van der Waals surface area contributed by atoms with Gasteiger partial charge in [-0.25, -0.2) is 4.79 Å². The van der Waals surface area contributed by atoms with Crippen LogP contribution in [0.25, 0.3) is 0 Å². The highest BCUT2D eigenvalue weighted by molar-refractivity contribution is 5.67. The molecule has 1 fully saturated rings. The molecule has 94 valence electrons. The van der Waals surface area contributed by atoms with Gasteiger partial charge in [0.25, 0.3) is 0 Å². The van der Waals surface area contributed by atoms with Crippen LogP contribution in [0.2, 0.25) is 0 Å². The van der Waals surface area contributed by atoms with Crippen LogP contribution in [0.15, 0.2) is 0 Å². The van der Waals surface area contributed by atoms with Gasteiger partial charge < -0.3 is 15.4 Å². The molecule has 0 aromatic carbocycles. The Hall–Kier alpha value is -0.770. The Bertz CT molecular complexity index is 232. The number of carbonyl (C=O) groups excluding carboxylic acids is 1. The van der Waals surface area contributed by atoms with Gasteiger partial charge in [0.1, 0.15) is 5.60 Å². The summed E-state index contributed by atoms with van der Waals surface area (Å²) in [6.07, 6.45) is 3.51. The van der Waals surface area contributed by atoms with Crippen molar-refractivity contribution in [1.82, 2.24) is 10.6 Å². The van der Waals surface area contributed by atoms with E-state index < -0.39 is 5.60 Å². The second-order valence-electron chi connectivity index (χ2n) is 5.58. The lowest BCUT2D eigenvalue weighted by Crippen LogP contribution is -2.47. The standard InChI is InChI=1S/C12H24N2O2/c1-9(14-10-6-5-7-10)8-13-11(15)16-12(2,3)4/h9-10,14H,5-8H2,1-4H3,(H,13,15). The van der Waals surface area contributed by atoms with Gasteiger partial charge in [-0.3, -0.25) is 0 Å². The highest BCUT2D eigenvalue weighted by Gasteiger charge is 2.20. The van der Waals surface area contributed by atoms with Crippen LogP contribution in [-0.4, -0.2) is 30.3 Å². The number of amides is 1.